The number of aryl methyl sites for hydroxylation is 2. The summed E-state index contributed by atoms with van der Waals surface area (Å²) >= 11 is 5.83. The number of aromatic nitrogens is 2. The first kappa shape index (κ1) is 26.4. The minimum atomic E-state index is -0.157. The van der Waals surface area contributed by atoms with Crippen LogP contribution in [0.15, 0.2) is 85.2 Å². The highest BCUT2D eigenvalue weighted by atomic mass is 32.1. The Morgan fingerprint density at radius 2 is 1.85 bits per heavy atom. The minimum absolute atomic E-state index is 0.0406. The van der Waals surface area contributed by atoms with Crippen molar-refractivity contribution in [2.45, 2.75) is 32.4 Å². The third kappa shape index (κ3) is 5.66. The average Bonchev–Trinajstić information content (AvgIpc) is 3.54. The van der Waals surface area contributed by atoms with E-state index in [1.54, 1.807) is 6.20 Å². The van der Waals surface area contributed by atoms with E-state index in [0.717, 1.165) is 39.6 Å². The van der Waals surface area contributed by atoms with Crippen LogP contribution in [0, 0.1) is 13.8 Å². The highest BCUT2D eigenvalue weighted by Gasteiger charge is 2.41. The molecule has 1 aliphatic heterocycles. The number of anilines is 2. The molecule has 1 aliphatic rings. The third-order valence-electron chi connectivity index (χ3n) is 7.17. The lowest BCUT2D eigenvalue weighted by Gasteiger charge is -2.29. The van der Waals surface area contributed by atoms with Crippen LogP contribution in [-0.4, -0.2) is 46.1 Å². The van der Waals surface area contributed by atoms with E-state index in [1.165, 1.54) is 0 Å². The van der Waals surface area contributed by atoms with E-state index in [1.807, 2.05) is 64.3 Å². The van der Waals surface area contributed by atoms with E-state index in [0.29, 0.717) is 18.1 Å². The van der Waals surface area contributed by atoms with Crippen LogP contribution in [0.4, 0.5) is 11.4 Å². The van der Waals surface area contributed by atoms with Crippen molar-refractivity contribution in [2.24, 2.45) is 0 Å². The molecule has 8 heteroatoms. The molecule has 0 unspecified atom stereocenters. The van der Waals surface area contributed by atoms with Crippen LogP contribution in [0.1, 0.15) is 41.0 Å². The Morgan fingerprint density at radius 1 is 1.05 bits per heavy atom. The standard InChI is InChI=1S/C31H34N6OS/c1-21-10-11-22(2)26(20-21)33-28(38)16-19-37-30(29(34-31(37)39)25-8-5-6-17-32-25)27-9-7-18-36(27)24-14-12-23(13-15-24)35(3)4/h5-15,17-18,20,29-30H,16,19H2,1-4H3,(H,33,38)(H,34,39)/t29-,30-/m0/s1. The SMILES string of the molecule is Cc1ccc(C)c(NC(=O)CCN2C(=S)N[C@@H](c3ccccn3)[C@@H]2c2cccn2-c2ccc(N(C)C)cc2)c1. The van der Waals surface area contributed by atoms with Crippen molar-refractivity contribution in [3.63, 3.8) is 0 Å². The number of amides is 1. The molecule has 2 aromatic heterocycles. The molecule has 3 heterocycles. The summed E-state index contributed by atoms with van der Waals surface area (Å²) in [6, 6.07) is 24.3. The molecule has 1 saturated heterocycles. The number of nitrogens with one attached hydrogen (secondary N) is 2. The van der Waals surface area contributed by atoms with Gasteiger partial charge in [-0.2, -0.15) is 0 Å². The molecule has 2 atom stereocenters. The van der Waals surface area contributed by atoms with E-state index in [4.69, 9.17) is 12.2 Å². The van der Waals surface area contributed by atoms with Crippen LogP contribution in [0.3, 0.4) is 0 Å². The summed E-state index contributed by atoms with van der Waals surface area (Å²) in [7, 11) is 4.07. The van der Waals surface area contributed by atoms with Gasteiger partial charge in [0.15, 0.2) is 5.11 Å². The molecule has 0 bridgehead atoms. The molecular weight excluding hydrogens is 504 g/mol. The molecule has 2 N–H and O–H groups in total. The van der Waals surface area contributed by atoms with Crippen molar-refractivity contribution in [1.82, 2.24) is 19.8 Å². The minimum Gasteiger partial charge on any atom is -0.378 e. The molecule has 7 nitrogen and oxygen atoms in total. The van der Waals surface area contributed by atoms with Gasteiger partial charge in [-0.15, -0.1) is 0 Å². The Labute approximate surface area is 235 Å². The zero-order valence-electron chi connectivity index (χ0n) is 22.8. The molecule has 0 aliphatic carbocycles. The number of hydrogen-bond acceptors (Lipinski definition) is 4. The van der Waals surface area contributed by atoms with Gasteiger partial charge < -0.3 is 25.0 Å². The fourth-order valence-corrected chi connectivity index (χ4v) is 5.39. The van der Waals surface area contributed by atoms with Gasteiger partial charge in [-0.05, 0) is 91.8 Å². The highest BCUT2D eigenvalue weighted by molar-refractivity contribution is 7.80. The Balaban J connectivity index is 1.44. The Morgan fingerprint density at radius 3 is 2.56 bits per heavy atom. The smallest absolute Gasteiger partial charge is 0.226 e. The summed E-state index contributed by atoms with van der Waals surface area (Å²) in [5.74, 6) is -0.0406. The van der Waals surface area contributed by atoms with Crippen LogP contribution in [0.25, 0.3) is 5.69 Å². The van der Waals surface area contributed by atoms with Crippen LogP contribution < -0.4 is 15.5 Å². The van der Waals surface area contributed by atoms with E-state index in [9.17, 15) is 4.79 Å². The van der Waals surface area contributed by atoms with E-state index < -0.39 is 0 Å². The van der Waals surface area contributed by atoms with E-state index >= 15 is 0 Å². The van der Waals surface area contributed by atoms with Gasteiger partial charge >= 0.3 is 0 Å². The Kier molecular flexibility index (Phi) is 7.65. The summed E-state index contributed by atoms with van der Waals surface area (Å²) in [6.45, 7) is 4.50. The molecule has 39 heavy (non-hydrogen) atoms. The lowest BCUT2D eigenvalue weighted by atomic mass is 10.0. The summed E-state index contributed by atoms with van der Waals surface area (Å²) in [5.41, 5.74) is 7.18. The summed E-state index contributed by atoms with van der Waals surface area (Å²) in [5, 5.41) is 7.19. The molecule has 4 aromatic rings. The fourth-order valence-electron chi connectivity index (χ4n) is 5.05. The van der Waals surface area contributed by atoms with Gasteiger partial charge in [0.1, 0.15) is 0 Å². The average molecular weight is 539 g/mol. The maximum Gasteiger partial charge on any atom is 0.226 e. The van der Waals surface area contributed by atoms with Crippen LogP contribution in [0.5, 0.6) is 0 Å². The number of carbonyl (C=O) groups excluding carboxylic acids is 1. The van der Waals surface area contributed by atoms with Crippen molar-refractivity contribution in [2.75, 3.05) is 30.9 Å². The molecule has 1 amide bonds. The van der Waals surface area contributed by atoms with E-state index in [-0.39, 0.29) is 18.0 Å². The summed E-state index contributed by atoms with van der Waals surface area (Å²) in [4.78, 5) is 21.9. The summed E-state index contributed by atoms with van der Waals surface area (Å²) in [6.07, 6.45) is 4.18. The van der Waals surface area contributed by atoms with Crippen molar-refractivity contribution in [3.05, 3.63) is 108 Å². The second-order valence-corrected chi connectivity index (χ2v) is 10.5. The summed E-state index contributed by atoms with van der Waals surface area (Å²) < 4.78 is 2.19. The van der Waals surface area contributed by atoms with Gasteiger partial charge in [0.2, 0.25) is 5.91 Å². The zero-order chi connectivity index (χ0) is 27.5. The largest absolute Gasteiger partial charge is 0.378 e. The number of rotatable bonds is 8. The number of pyridine rings is 1. The predicted octanol–water partition coefficient (Wildman–Crippen LogP) is 5.56. The van der Waals surface area contributed by atoms with Gasteiger partial charge in [-0.3, -0.25) is 9.78 Å². The normalized spacial score (nSPS) is 16.7. The van der Waals surface area contributed by atoms with Crippen LogP contribution in [-0.2, 0) is 4.79 Å². The zero-order valence-corrected chi connectivity index (χ0v) is 23.6. The predicted molar refractivity (Wildman–Crippen MR) is 161 cm³/mol. The monoisotopic (exact) mass is 538 g/mol. The molecule has 5 rings (SSSR count). The second-order valence-electron chi connectivity index (χ2n) is 10.2. The fraction of sp³-hybridized carbons (Fsp3) is 0.258. The molecule has 200 valence electrons. The lowest BCUT2D eigenvalue weighted by Crippen LogP contribution is -2.33. The first-order valence-electron chi connectivity index (χ1n) is 13.1. The van der Waals surface area contributed by atoms with Crippen molar-refractivity contribution < 1.29 is 4.79 Å². The lowest BCUT2D eigenvalue weighted by molar-refractivity contribution is -0.116. The van der Waals surface area contributed by atoms with Gasteiger partial charge in [0.05, 0.1) is 17.8 Å². The topological polar surface area (TPSA) is 65.4 Å². The number of thiocarbonyl (C=S) groups is 1. The number of carbonyl (C=O) groups is 1. The van der Waals surface area contributed by atoms with Crippen molar-refractivity contribution in [1.29, 1.82) is 0 Å². The van der Waals surface area contributed by atoms with Gasteiger partial charge in [-0.1, -0.05) is 18.2 Å². The van der Waals surface area contributed by atoms with E-state index in [2.05, 4.69) is 72.6 Å². The molecule has 0 radical (unpaired) electrons. The molecule has 1 fully saturated rings. The number of hydrogen-bond donors (Lipinski definition) is 2. The van der Waals surface area contributed by atoms with Crippen LogP contribution >= 0.6 is 12.2 Å². The number of benzene rings is 2. The molecule has 0 spiro atoms. The maximum absolute atomic E-state index is 13.0. The number of nitrogens with zero attached hydrogens (tertiary/aromatic N) is 4. The van der Waals surface area contributed by atoms with Crippen molar-refractivity contribution in [3.8, 4) is 5.69 Å². The van der Waals surface area contributed by atoms with Gasteiger partial charge in [0.25, 0.3) is 0 Å². The second kappa shape index (κ2) is 11.3. The maximum atomic E-state index is 13.0. The molecular formula is C31H34N6OS. The Bertz CT molecular complexity index is 1460. The van der Waals surface area contributed by atoms with Gasteiger partial charge in [-0.25, -0.2) is 0 Å². The van der Waals surface area contributed by atoms with Crippen LogP contribution in [0.2, 0.25) is 0 Å². The van der Waals surface area contributed by atoms with Gasteiger partial charge in [0, 0.05) is 62.2 Å². The first-order valence-corrected chi connectivity index (χ1v) is 13.5. The molecule has 2 aromatic carbocycles. The molecule has 0 saturated carbocycles. The first-order chi connectivity index (χ1) is 18.8. The Hall–Kier alpha value is -4.17. The van der Waals surface area contributed by atoms with Crippen molar-refractivity contribution >= 4 is 34.6 Å². The quantitative estimate of drug-likeness (QED) is 0.287. The highest BCUT2D eigenvalue weighted by Crippen LogP contribution is 2.39. The third-order valence-corrected chi connectivity index (χ3v) is 7.52.